The fraction of sp³-hybridized carbons (Fsp3) is 0.0312. The molecule has 5 rings (SSSR count). The molecule has 1 radical (unpaired) electrons. The van der Waals surface area contributed by atoms with E-state index in [1.54, 1.807) is 12.3 Å². The van der Waals surface area contributed by atoms with Gasteiger partial charge in [0, 0.05) is 44.6 Å². The van der Waals surface area contributed by atoms with E-state index in [0.717, 1.165) is 22.4 Å². The minimum absolute atomic E-state index is 0. The van der Waals surface area contributed by atoms with Crippen LogP contribution in [0.15, 0.2) is 97.3 Å². The standard InChI is InChI=1S/C17H12N.C15H7N4.Ir/c1-3-7-14(8-4-1)16-11-12-17(18-13-16)15-9-5-2-6-10-15;1-10-3-4-14(19-9-10)13-6-15(18-2)12(8-17)5-11(13)7-16;/h1-9,11-13H;3-5,9H,1H3;/q2*-1;. The molecule has 6 heteroatoms. The van der Waals surface area contributed by atoms with Crippen molar-refractivity contribution in [2.75, 3.05) is 0 Å². The van der Waals surface area contributed by atoms with Gasteiger partial charge in [-0.25, -0.2) is 10.5 Å². The molecule has 0 atom stereocenters. The average Bonchev–Trinajstić information content (AvgIpc) is 2.98. The zero-order valence-electron chi connectivity index (χ0n) is 20.3. The van der Waals surface area contributed by atoms with E-state index in [9.17, 15) is 0 Å². The monoisotopic (exact) mass is 666 g/mol. The maximum absolute atomic E-state index is 9.13. The van der Waals surface area contributed by atoms with Crippen LogP contribution in [-0.2, 0) is 20.1 Å². The molecule has 0 amide bonds. The molecule has 0 aliphatic carbocycles. The Morgan fingerprint density at radius 2 is 1.50 bits per heavy atom. The number of hydrogen-bond donors (Lipinski definition) is 0. The zero-order chi connectivity index (χ0) is 26.0. The Bertz CT molecular complexity index is 1570. The molecule has 0 bridgehead atoms. The summed E-state index contributed by atoms with van der Waals surface area (Å²) in [6.45, 7) is 8.96. The van der Waals surface area contributed by atoms with Crippen LogP contribution >= 0.6 is 0 Å². The minimum Gasteiger partial charge on any atom is -0.304 e. The van der Waals surface area contributed by atoms with Crippen molar-refractivity contribution in [1.29, 1.82) is 10.5 Å². The molecule has 38 heavy (non-hydrogen) atoms. The van der Waals surface area contributed by atoms with Crippen molar-refractivity contribution >= 4 is 5.69 Å². The van der Waals surface area contributed by atoms with Crippen LogP contribution in [-0.4, -0.2) is 9.97 Å². The van der Waals surface area contributed by atoms with Gasteiger partial charge in [-0.1, -0.05) is 54.6 Å². The van der Waals surface area contributed by atoms with Crippen LogP contribution in [0.4, 0.5) is 5.69 Å². The van der Waals surface area contributed by atoms with Gasteiger partial charge in [0.25, 0.3) is 0 Å². The van der Waals surface area contributed by atoms with Gasteiger partial charge in [0.1, 0.15) is 5.69 Å². The largest absolute Gasteiger partial charge is 0.304 e. The van der Waals surface area contributed by atoms with Gasteiger partial charge in [0.2, 0.25) is 0 Å². The fourth-order valence-electron chi connectivity index (χ4n) is 3.52. The SMILES string of the molecule is [C-]#[N+]c1[c-]c(-c2ccc(C)cn2)c(C#N)cc1C#N.[Ir].[c-]1ccccc1-c1ccc(-c2ccccc2)cn1. The van der Waals surface area contributed by atoms with E-state index in [1.807, 2.05) is 79.9 Å². The molecule has 0 saturated carbocycles. The first-order valence-corrected chi connectivity index (χ1v) is 11.3. The van der Waals surface area contributed by atoms with Crippen LogP contribution in [0.25, 0.3) is 38.5 Å². The number of nitriles is 2. The summed E-state index contributed by atoms with van der Waals surface area (Å²) in [5.74, 6) is 0. The maximum atomic E-state index is 9.13. The third-order valence-electron chi connectivity index (χ3n) is 5.43. The summed E-state index contributed by atoms with van der Waals surface area (Å²) in [5, 5.41) is 18.1. The number of aryl methyl sites for hydroxylation is 1. The summed E-state index contributed by atoms with van der Waals surface area (Å²) in [6, 6.07) is 37.2. The van der Waals surface area contributed by atoms with Gasteiger partial charge in [-0.3, -0.25) is 4.85 Å². The second-order valence-corrected chi connectivity index (χ2v) is 7.95. The summed E-state index contributed by atoms with van der Waals surface area (Å²) in [7, 11) is 0. The first-order valence-electron chi connectivity index (χ1n) is 11.3. The summed E-state index contributed by atoms with van der Waals surface area (Å²) in [4.78, 5) is 12.0. The molecule has 2 heterocycles. The summed E-state index contributed by atoms with van der Waals surface area (Å²) < 4.78 is 0. The predicted octanol–water partition coefficient (Wildman–Crippen LogP) is 7.36. The van der Waals surface area contributed by atoms with Gasteiger partial charge in [-0.15, -0.1) is 53.6 Å². The van der Waals surface area contributed by atoms with Crippen molar-refractivity contribution in [2.24, 2.45) is 0 Å². The van der Waals surface area contributed by atoms with E-state index in [0.29, 0.717) is 16.8 Å². The van der Waals surface area contributed by atoms with Crippen LogP contribution in [0.3, 0.4) is 0 Å². The van der Waals surface area contributed by atoms with Gasteiger partial charge in [0.15, 0.2) is 0 Å². The third kappa shape index (κ3) is 6.64. The summed E-state index contributed by atoms with van der Waals surface area (Å²) >= 11 is 0. The molecular formula is C32H19IrN5-2. The van der Waals surface area contributed by atoms with Gasteiger partial charge in [-0.2, -0.15) is 0 Å². The van der Waals surface area contributed by atoms with Crippen molar-refractivity contribution in [3.63, 3.8) is 0 Å². The topological polar surface area (TPSA) is 77.7 Å². The summed E-state index contributed by atoms with van der Waals surface area (Å²) in [6.07, 6.45) is 3.59. The van der Waals surface area contributed by atoms with E-state index >= 15 is 0 Å². The first-order chi connectivity index (χ1) is 18.1. The normalized spacial score (nSPS) is 9.42. The Kier molecular flexibility index (Phi) is 9.76. The number of benzene rings is 3. The Morgan fingerprint density at radius 1 is 0.789 bits per heavy atom. The van der Waals surface area contributed by atoms with E-state index < -0.39 is 0 Å². The van der Waals surface area contributed by atoms with E-state index in [4.69, 9.17) is 17.1 Å². The van der Waals surface area contributed by atoms with Crippen LogP contribution in [0.2, 0.25) is 0 Å². The number of nitrogens with zero attached hydrogens (tertiary/aromatic N) is 5. The second kappa shape index (κ2) is 13.4. The molecule has 0 spiro atoms. The van der Waals surface area contributed by atoms with Crippen LogP contribution in [0.5, 0.6) is 0 Å². The minimum atomic E-state index is 0. The van der Waals surface area contributed by atoms with Gasteiger partial charge >= 0.3 is 0 Å². The van der Waals surface area contributed by atoms with E-state index in [1.165, 1.54) is 11.6 Å². The summed E-state index contributed by atoms with van der Waals surface area (Å²) in [5.41, 5.74) is 6.88. The molecular weight excluding hydrogens is 647 g/mol. The smallest absolute Gasteiger partial charge is 0.123 e. The molecule has 3 aromatic carbocycles. The molecule has 0 N–H and O–H groups in total. The molecule has 0 aliphatic heterocycles. The Balaban J connectivity index is 0.000000205. The maximum Gasteiger partial charge on any atom is 0.123 e. The van der Waals surface area contributed by atoms with Crippen molar-refractivity contribution in [3.05, 3.63) is 138 Å². The molecule has 0 unspecified atom stereocenters. The van der Waals surface area contributed by atoms with Gasteiger partial charge < -0.3 is 9.97 Å². The van der Waals surface area contributed by atoms with Crippen molar-refractivity contribution in [3.8, 4) is 45.8 Å². The number of hydrogen-bond acceptors (Lipinski definition) is 4. The van der Waals surface area contributed by atoms with Gasteiger partial charge in [0.05, 0.1) is 6.57 Å². The zero-order valence-corrected chi connectivity index (χ0v) is 22.7. The van der Waals surface area contributed by atoms with Crippen LogP contribution in [0, 0.1) is 48.3 Å². The van der Waals surface area contributed by atoms with Crippen molar-refractivity contribution in [1.82, 2.24) is 9.97 Å². The van der Waals surface area contributed by atoms with Gasteiger partial charge in [-0.05, 0) is 46.1 Å². The molecule has 0 fully saturated rings. The molecule has 0 saturated heterocycles. The van der Waals surface area contributed by atoms with E-state index in [-0.39, 0.29) is 31.4 Å². The predicted molar refractivity (Wildman–Crippen MR) is 143 cm³/mol. The first kappa shape index (κ1) is 27.7. The molecule has 5 nitrogen and oxygen atoms in total. The second-order valence-electron chi connectivity index (χ2n) is 7.95. The molecule has 0 aliphatic rings. The Labute approximate surface area is 235 Å². The average molecular weight is 666 g/mol. The number of aromatic nitrogens is 2. The Morgan fingerprint density at radius 3 is 2.08 bits per heavy atom. The number of pyridine rings is 2. The quantitative estimate of drug-likeness (QED) is 0.189. The van der Waals surface area contributed by atoms with Crippen molar-refractivity contribution in [2.45, 2.75) is 6.92 Å². The van der Waals surface area contributed by atoms with Crippen molar-refractivity contribution < 1.29 is 20.1 Å². The van der Waals surface area contributed by atoms with E-state index in [2.05, 4.69) is 45.1 Å². The Hall–Kier alpha value is -4.92. The number of rotatable bonds is 3. The fourth-order valence-corrected chi connectivity index (χ4v) is 3.52. The third-order valence-corrected chi connectivity index (χ3v) is 5.43. The van der Waals surface area contributed by atoms with Crippen LogP contribution in [0.1, 0.15) is 16.7 Å². The van der Waals surface area contributed by atoms with Crippen LogP contribution < -0.4 is 0 Å². The molecule has 5 aromatic rings. The molecule has 183 valence electrons. The molecule has 2 aromatic heterocycles.